The van der Waals surface area contributed by atoms with Crippen molar-refractivity contribution in [2.75, 3.05) is 20.3 Å². The number of benzene rings is 2. The number of hydrogen-bond donors (Lipinski definition) is 1. The second kappa shape index (κ2) is 10.8. The Balaban J connectivity index is 1.61. The fourth-order valence-electron chi connectivity index (χ4n) is 3.10. The fraction of sp³-hybridized carbons (Fsp3) is 0.304. The van der Waals surface area contributed by atoms with Crippen LogP contribution in [0.25, 0.3) is 0 Å². The van der Waals surface area contributed by atoms with Crippen LogP contribution in [0.2, 0.25) is 0 Å². The van der Waals surface area contributed by atoms with Crippen LogP contribution in [0.3, 0.4) is 0 Å². The fourth-order valence-corrected chi connectivity index (χ4v) is 3.10. The number of halogens is 1. The van der Waals surface area contributed by atoms with E-state index in [0.29, 0.717) is 26.2 Å². The van der Waals surface area contributed by atoms with Gasteiger partial charge in [-0.25, -0.2) is 4.39 Å². The lowest BCUT2D eigenvalue weighted by Crippen LogP contribution is -2.34. The molecule has 0 bridgehead atoms. The SMILES string of the molecule is COc1cccc(CN(Cc2ccc(F)cc2)CC(O)COCc2ccco2)c1. The number of methoxy groups -OCH3 is 1. The van der Waals surface area contributed by atoms with Gasteiger partial charge in [-0.1, -0.05) is 24.3 Å². The Morgan fingerprint density at radius 2 is 1.83 bits per heavy atom. The number of hydrogen-bond acceptors (Lipinski definition) is 5. The van der Waals surface area contributed by atoms with Gasteiger partial charge in [0.25, 0.3) is 0 Å². The highest BCUT2D eigenvalue weighted by Gasteiger charge is 2.14. The molecule has 1 atom stereocenters. The minimum Gasteiger partial charge on any atom is -0.497 e. The average Bonchev–Trinajstić information content (AvgIpc) is 3.23. The van der Waals surface area contributed by atoms with Crippen molar-refractivity contribution in [2.45, 2.75) is 25.8 Å². The molecule has 1 unspecified atom stereocenters. The maximum absolute atomic E-state index is 13.2. The molecule has 0 amide bonds. The van der Waals surface area contributed by atoms with Crippen molar-refractivity contribution in [3.8, 4) is 5.75 Å². The van der Waals surface area contributed by atoms with Gasteiger partial charge < -0.3 is 19.0 Å². The Morgan fingerprint density at radius 3 is 2.55 bits per heavy atom. The van der Waals surface area contributed by atoms with E-state index in [1.807, 2.05) is 30.3 Å². The van der Waals surface area contributed by atoms with E-state index in [4.69, 9.17) is 13.9 Å². The lowest BCUT2D eigenvalue weighted by atomic mass is 10.1. The molecule has 3 aromatic rings. The molecule has 2 aromatic carbocycles. The van der Waals surface area contributed by atoms with E-state index < -0.39 is 6.10 Å². The molecule has 154 valence electrons. The third-order valence-electron chi connectivity index (χ3n) is 4.46. The summed E-state index contributed by atoms with van der Waals surface area (Å²) in [7, 11) is 1.63. The van der Waals surface area contributed by atoms with Crippen LogP contribution in [-0.2, 0) is 24.4 Å². The van der Waals surface area contributed by atoms with Crippen molar-refractivity contribution in [1.82, 2.24) is 4.90 Å². The Morgan fingerprint density at radius 1 is 1.03 bits per heavy atom. The van der Waals surface area contributed by atoms with E-state index in [9.17, 15) is 9.50 Å². The largest absolute Gasteiger partial charge is 0.497 e. The molecule has 1 aromatic heterocycles. The van der Waals surface area contributed by atoms with Gasteiger partial charge >= 0.3 is 0 Å². The first kappa shape index (κ1) is 21.0. The van der Waals surface area contributed by atoms with Crippen molar-refractivity contribution in [1.29, 1.82) is 0 Å². The molecule has 1 N–H and O–H groups in total. The van der Waals surface area contributed by atoms with Crippen LogP contribution in [0.4, 0.5) is 4.39 Å². The molecule has 6 heteroatoms. The smallest absolute Gasteiger partial charge is 0.129 e. The van der Waals surface area contributed by atoms with Crippen molar-refractivity contribution in [2.24, 2.45) is 0 Å². The van der Waals surface area contributed by atoms with Crippen LogP contribution >= 0.6 is 0 Å². The summed E-state index contributed by atoms with van der Waals surface area (Å²) in [5.41, 5.74) is 2.04. The third kappa shape index (κ3) is 7.02. The second-order valence-corrected chi connectivity index (χ2v) is 6.90. The molecule has 0 spiro atoms. The maximum Gasteiger partial charge on any atom is 0.129 e. The number of rotatable bonds is 11. The highest BCUT2D eigenvalue weighted by atomic mass is 19.1. The molecule has 1 heterocycles. The van der Waals surface area contributed by atoms with Gasteiger partial charge in [0.15, 0.2) is 0 Å². The first-order valence-corrected chi connectivity index (χ1v) is 9.50. The Kier molecular flexibility index (Phi) is 7.81. The molecule has 0 aliphatic carbocycles. The summed E-state index contributed by atoms with van der Waals surface area (Å²) in [6.45, 7) is 2.11. The van der Waals surface area contributed by atoms with Gasteiger partial charge in [0.05, 0.1) is 26.1 Å². The summed E-state index contributed by atoms with van der Waals surface area (Å²) in [5.74, 6) is 1.24. The van der Waals surface area contributed by atoms with Gasteiger partial charge in [-0.3, -0.25) is 4.90 Å². The van der Waals surface area contributed by atoms with Crippen LogP contribution in [0.5, 0.6) is 5.75 Å². The van der Waals surface area contributed by atoms with Crippen molar-refractivity contribution in [3.05, 3.63) is 89.6 Å². The molecule has 0 fully saturated rings. The number of aliphatic hydroxyl groups is 1. The lowest BCUT2D eigenvalue weighted by Gasteiger charge is -2.25. The zero-order chi connectivity index (χ0) is 20.5. The van der Waals surface area contributed by atoms with E-state index in [0.717, 1.165) is 22.6 Å². The number of aliphatic hydroxyl groups excluding tert-OH is 1. The van der Waals surface area contributed by atoms with Crippen LogP contribution in [0.15, 0.2) is 71.3 Å². The van der Waals surface area contributed by atoms with E-state index in [1.165, 1.54) is 12.1 Å². The molecule has 5 nitrogen and oxygen atoms in total. The molecule has 0 saturated heterocycles. The van der Waals surface area contributed by atoms with Crippen LogP contribution in [0.1, 0.15) is 16.9 Å². The Labute approximate surface area is 170 Å². The van der Waals surface area contributed by atoms with Crippen LogP contribution < -0.4 is 4.74 Å². The minimum absolute atomic E-state index is 0.193. The molecule has 0 saturated carbocycles. The van der Waals surface area contributed by atoms with Crippen molar-refractivity contribution < 1.29 is 23.4 Å². The zero-order valence-corrected chi connectivity index (χ0v) is 16.5. The van der Waals surface area contributed by atoms with Gasteiger partial charge in [-0.05, 0) is 47.5 Å². The van der Waals surface area contributed by atoms with Crippen LogP contribution in [0, 0.1) is 5.82 Å². The average molecular weight is 399 g/mol. The quantitative estimate of drug-likeness (QED) is 0.528. The van der Waals surface area contributed by atoms with Gasteiger partial charge in [0, 0.05) is 19.6 Å². The molecule has 0 aliphatic heterocycles. The summed E-state index contributed by atoms with van der Waals surface area (Å²) in [6.07, 6.45) is 0.921. The summed E-state index contributed by atoms with van der Waals surface area (Å²) in [6, 6.07) is 17.9. The molecule has 0 aliphatic rings. The summed E-state index contributed by atoms with van der Waals surface area (Å²) < 4.78 is 29.3. The second-order valence-electron chi connectivity index (χ2n) is 6.90. The van der Waals surface area contributed by atoms with E-state index in [-0.39, 0.29) is 12.4 Å². The van der Waals surface area contributed by atoms with Gasteiger partial charge in [0.2, 0.25) is 0 Å². The first-order chi connectivity index (χ1) is 14.1. The van der Waals surface area contributed by atoms with Gasteiger partial charge in [-0.2, -0.15) is 0 Å². The number of ether oxygens (including phenoxy) is 2. The Hall–Kier alpha value is -2.67. The molecule has 3 rings (SSSR count). The zero-order valence-electron chi connectivity index (χ0n) is 16.5. The third-order valence-corrected chi connectivity index (χ3v) is 4.46. The highest BCUT2D eigenvalue weighted by Crippen LogP contribution is 2.17. The molecule has 29 heavy (non-hydrogen) atoms. The van der Waals surface area contributed by atoms with Crippen molar-refractivity contribution >= 4 is 0 Å². The maximum atomic E-state index is 13.2. The van der Waals surface area contributed by atoms with Gasteiger partial charge in [0.1, 0.15) is 23.9 Å². The summed E-state index contributed by atoms with van der Waals surface area (Å²) >= 11 is 0. The predicted molar refractivity (Wildman–Crippen MR) is 108 cm³/mol. The topological polar surface area (TPSA) is 55.1 Å². The van der Waals surface area contributed by atoms with Crippen LogP contribution in [-0.4, -0.2) is 36.4 Å². The van der Waals surface area contributed by atoms with E-state index in [2.05, 4.69) is 4.90 Å². The van der Waals surface area contributed by atoms with E-state index >= 15 is 0 Å². The molecular formula is C23H26FNO4. The monoisotopic (exact) mass is 399 g/mol. The minimum atomic E-state index is -0.670. The first-order valence-electron chi connectivity index (χ1n) is 9.50. The summed E-state index contributed by atoms with van der Waals surface area (Å²) in [5, 5.41) is 10.5. The highest BCUT2D eigenvalue weighted by molar-refractivity contribution is 5.28. The standard InChI is InChI=1S/C23H26FNO4/c1-27-22-5-2-4-19(12-22)14-25(13-18-7-9-20(24)10-8-18)15-21(26)16-28-17-23-6-3-11-29-23/h2-12,21,26H,13-17H2,1H3. The van der Waals surface area contributed by atoms with E-state index in [1.54, 1.807) is 31.6 Å². The van der Waals surface area contributed by atoms with Crippen molar-refractivity contribution in [3.63, 3.8) is 0 Å². The Bertz CT molecular complexity index is 852. The number of furan rings is 1. The summed E-state index contributed by atoms with van der Waals surface area (Å²) in [4.78, 5) is 2.10. The van der Waals surface area contributed by atoms with Gasteiger partial charge in [-0.15, -0.1) is 0 Å². The lowest BCUT2D eigenvalue weighted by molar-refractivity contribution is 0.00252. The molecule has 0 radical (unpaired) electrons. The molecular weight excluding hydrogens is 373 g/mol. The normalized spacial score (nSPS) is 12.3. The number of nitrogens with zero attached hydrogens (tertiary/aromatic N) is 1. The predicted octanol–water partition coefficient (Wildman–Crippen LogP) is 4.01.